The SMILES string of the molecule is Cc1cn(N=Cc2cc(C(F)(F)F)c(F)cc2O)c(N)n1. The van der Waals surface area contributed by atoms with Crippen molar-refractivity contribution in [3.8, 4) is 5.75 Å². The number of aryl methyl sites for hydroxylation is 1. The molecule has 9 heteroatoms. The molecule has 0 saturated heterocycles. The van der Waals surface area contributed by atoms with Gasteiger partial charge in [0.2, 0.25) is 5.95 Å². The van der Waals surface area contributed by atoms with Gasteiger partial charge in [-0.25, -0.2) is 14.1 Å². The summed E-state index contributed by atoms with van der Waals surface area (Å²) in [6.07, 6.45) is -2.50. The molecule has 1 aromatic carbocycles. The van der Waals surface area contributed by atoms with Gasteiger partial charge in [0.1, 0.15) is 11.6 Å². The molecule has 0 saturated carbocycles. The molecule has 0 aliphatic heterocycles. The summed E-state index contributed by atoms with van der Waals surface area (Å²) in [5, 5.41) is 13.2. The fourth-order valence-corrected chi connectivity index (χ4v) is 1.62. The van der Waals surface area contributed by atoms with Crippen LogP contribution in [0, 0.1) is 12.7 Å². The summed E-state index contributed by atoms with van der Waals surface area (Å²) in [5.41, 5.74) is 4.28. The Morgan fingerprint density at radius 1 is 1.38 bits per heavy atom. The number of nitrogens with two attached hydrogens (primary N) is 1. The zero-order valence-electron chi connectivity index (χ0n) is 10.7. The summed E-state index contributed by atoms with van der Waals surface area (Å²) in [5.74, 6) is -2.20. The lowest BCUT2D eigenvalue weighted by Crippen LogP contribution is -2.09. The number of aromatic hydroxyl groups is 1. The molecule has 2 rings (SSSR count). The highest BCUT2D eigenvalue weighted by Gasteiger charge is 2.34. The first-order chi connectivity index (χ1) is 9.68. The topological polar surface area (TPSA) is 76.4 Å². The van der Waals surface area contributed by atoms with Crippen LogP contribution in [0.15, 0.2) is 23.4 Å². The average Bonchev–Trinajstić information content (AvgIpc) is 2.65. The molecule has 0 fully saturated rings. The molecule has 5 nitrogen and oxygen atoms in total. The van der Waals surface area contributed by atoms with Gasteiger partial charge in [-0.1, -0.05) is 0 Å². The van der Waals surface area contributed by atoms with E-state index in [0.717, 1.165) is 10.9 Å². The van der Waals surface area contributed by atoms with Crippen molar-refractivity contribution in [3.05, 3.63) is 41.0 Å². The van der Waals surface area contributed by atoms with E-state index in [1.165, 1.54) is 6.20 Å². The Morgan fingerprint density at radius 3 is 2.57 bits per heavy atom. The predicted molar refractivity (Wildman–Crippen MR) is 67.4 cm³/mol. The maximum absolute atomic E-state index is 13.2. The van der Waals surface area contributed by atoms with Crippen molar-refractivity contribution in [2.45, 2.75) is 13.1 Å². The minimum absolute atomic E-state index is 0.0291. The Balaban J connectivity index is 2.43. The Morgan fingerprint density at radius 2 is 2.05 bits per heavy atom. The fraction of sp³-hybridized carbons (Fsp3) is 0.167. The number of imidazole rings is 1. The van der Waals surface area contributed by atoms with Crippen LogP contribution in [0.5, 0.6) is 5.75 Å². The van der Waals surface area contributed by atoms with Crippen molar-refractivity contribution < 1.29 is 22.7 Å². The normalized spacial score (nSPS) is 12.2. The first-order valence-corrected chi connectivity index (χ1v) is 5.64. The number of anilines is 1. The van der Waals surface area contributed by atoms with Gasteiger partial charge in [0.15, 0.2) is 0 Å². The highest BCUT2D eigenvalue weighted by atomic mass is 19.4. The van der Waals surface area contributed by atoms with E-state index in [2.05, 4.69) is 10.1 Å². The number of halogens is 4. The number of hydrogen-bond acceptors (Lipinski definition) is 4. The van der Waals surface area contributed by atoms with Gasteiger partial charge in [0.25, 0.3) is 0 Å². The van der Waals surface area contributed by atoms with Gasteiger partial charge in [0, 0.05) is 11.6 Å². The van der Waals surface area contributed by atoms with E-state index in [1.54, 1.807) is 6.92 Å². The minimum Gasteiger partial charge on any atom is -0.507 e. The molecule has 0 bridgehead atoms. The van der Waals surface area contributed by atoms with Gasteiger partial charge in [0.05, 0.1) is 23.7 Å². The van der Waals surface area contributed by atoms with Crippen LogP contribution >= 0.6 is 0 Å². The van der Waals surface area contributed by atoms with E-state index < -0.39 is 23.3 Å². The molecule has 112 valence electrons. The standard InChI is InChI=1S/C12H10F4N4O/c1-6-5-20(11(17)19-6)18-4-7-2-8(12(14,15)16)9(13)3-10(7)21/h2-5,21H,1H3,(H2,17,19). The van der Waals surface area contributed by atoms with E-state index in [0.29, 0.717) is 17.8 Å². The number of aromatic nitrogens is 2. The van der Waals surface area contributed by atoms with Crippen molar-refractivity contribution in [1.29, 1.82) is 0 Å². The number of rotatable bonds is 2. The summed E-state index contributed by atoms with van der Waals surface area (Å²) < 4.78 is 52.1. The summed E-state index contributed by atoms with van der Waals surface area (Å²) in [7, 11) is 0. The number of nitrogen functional groups attached to an aromatic ring is 1. The summed E-state index contributed by atoms with van der Waals surface area (Å²) in [4.78, 5) is 3.84. The first-order valence-electron chi connectivity index (χ1n) is 5.64. The van der Waals surface area contributed by atoms with Crippen LogP contribution in [0.1, 0.15) is 16.8 Å². The number of alkyl halides is 3. The predicted octanol–water partition coefficient (Wildman–Crippen LogP) is 2.52. The summed E-state index contributed by atoms with van der Waals surface area (Å²) in [6.45, 7) is 1.65. The molecule has 0 atom stereocenters. The zero-order valence-corrected chi connectivity index (χ0v) is 10.7. The fourth-order valence-electron chi connectivity index (χ4n) is 1.62. The maximum Gasteiger partial charge on any atom is 0.419 e. The third kappa shape index (κ3) is 3.12. The third-order valence-electron chi connectivity index (χ3n) is 2.58. The average molecular weight is 302 g/mol. The largest absolute Gasteiger partial charge is 0.507 e. The molecular formula is C12H10F4N4O. The Hall–Kier alpha value is -2.58. The Bertz CT molecular complexity index is 706. The third-order valence-corrected chi connectivity index (χ3v) is 2.58. The van der Waals surface area contributed by atoms with Gasteiger partial charge in [-0.05, 0) is 13.0 Å². The quantitative estimate of drug-likeness (QED) is 0.661. The lowest BCUT2D eigenvalue weighted by molar-refractivity contribution is -0.140. The number of nitrogens with zero attached hydrogens (tertiary/aromatic N) is 3. The van der Waals surface area contributed by atoms with Gasteiger partial charge in [-0.2, -0.15) is 18.3 Å². The van der Waals surface area contributed by atoms with Crippen LogP contribution in [0.25, 0.3) is 0 Å². The molecule has 0 unspecified atom stereocenters. The van der Waals surface area contributed by atoms with Crippen LogP contribution in [0.2, 0.25) is 0 Å². The highest BCUT2D eigenvalue weighted by molar-refractivity contribution is 5.83. The second-order valence-corrected chi connectivity index (χ2v) is 4.22. The van der Waals surface area contributed by atoms with Gasteiger partial charge in [-0.15, -0.1) is 0 Å². The highest BCUT2D eigenvalue weighted by Crippen LogP contribution is 2.34. The van der Waals surface area contributed by atoms with Crippen LogP contribution in [-0.4, -0.2) is 21.0 Å². The number of hydrogen-bond donors (Lipinski definition) is 2. The molecule has 3 N–H and O–H groups in total. The molecule has 1 heterocycles. The minimum atomic E-state index is -4.87. The molecule has 21 heavy (non-hydrogen) atoms. The monoisotopic (exact) mass is 302 g/mol. The Kier molecular flexibility index (Phi) is 3.58. The molecule has 0 aliphatic carbocycles. The first kappa shape index (κ1) is 14.8. The number of phenolic OH excluding ortho intramolecular Hbond substituents is 1. The summed E-state index contributed by atoms with van der Waals surface area (Å²) in [6, 6.07) is 0.848. The van der Waals surface area contributed by atoms with E-state index in [4.69, 9.17) is 5.73 Å². The molecule has 2 aromatic rings. The zero-order chi connectivity index (χ0) is 15.8. The van der Waals surface area contributed by atoms with Crippen molar-refractivity contribution in [2.75, 3.05) is 5.73 Å². The van der Waals surface area contributed by atoms with Crippen LogP contribution in [0.3, 0.4) is 0 Å². The molecule has 0 radical (unpaired) electrons. The second kappa shape index (κ2) is 5.08. The number of phenols is 1. The van der Waals surface area contributed by atoms with Gasteiger partial charge >= 0.3 is 6.18 Å². The second-order valence-electron chi connectivity index (χ2n) is 4.22. The van der Waals surface area contributed by atoms with Crippen molar-refractivity contribution in [3.63, 3.8) is 0 Å². The van der Waals surface area contributed by atoms with Gasteiger partial charge < -0.3 is 10.8 Å². The smallest absolute Gasteiger partial charge is 0.419 e. The molecule has 1 aromatic heterocycles. The van der Waals surface area contributed by atoms with Gasteiger partial charge in [-0.3, -0.25) is 0 Å². The molecule has 0 spiro atoms. The van der Waals surface area contributed by atoms with Crippen molar-refractivity contribution in [2.24, 2.45) is 5.10 Å². The molecule has 0 aliphatic rings. The lowest BCUT2D eigenvalue weighted by Gasteiger charge is -2.09. The lowest BCUT2D eigenvalue weighted by atomic mass is 10.1. The van der Waals surface area contributed by atoms with Crippen LogP contribution in [0.4, 0.5) is 23.5 Å². The maximum atomic E-state index is 13.2. The number of benzene rings is 1. The van der Waals surface area contributed by atoms with E-state index in [1.807, 2.05) is 0 Å². The van der Waals surface area contributed by atoms with Crippen molar-refractivity contribution in [1.82, 2.24) is 9.66 Å². The van der Waals surface area contributed by atoms with E-state index in [-0.39, 0.29) is 11.5 Å². The van der Waals surface area contributed by atoms with Crippen molar-refractivity contribution >= 4 is 12.2 Å². The van der Waals surface area contributed by atoms with Crippen LogP contribution < -0.4 is 5.73 Å². The van der Waals surface area contributed by atoms with Crippen LogP contribution in [-0.2, 0) is 6.18 Å². The molecule has 0 amide bonds. The van der Waals surface area contributed by atoms with E-state index >= 15 is 0 Å². The molecular weight excluding hydrogens is 292 g/mol. The van der Waals surface area contributed by atoms with E-state index in [9.17, 15) is 22.7 Å². The summed E-state index contributed by atoms with van der Waals surface area (Å²) >= 11 is 0. The Labute approximate surface area is 116 Å².